The first-order valence-electron chi connectivity index (χ1n) is 6.13. The van der Waals surface area contributed by atoms with Crippen molar-refractivity contribution in [1.82, 2.24) is 0 Å². The maximum absolute atomic E-state index is 10.7. The highest BCUT2D eigenvalue weighted by molar-refractivity contribution is 5.75. The van der Waals surface area contributed by atoms with E-state index in [2.05, 4.69) is 11.8 Å². The van der Waals surface area contributed by atoms with Gasteiger partial charge in [0.25, 0.3) is 0 Å². The molecule has 0 fully saturated rings. The number of aliphatic hydroxyl groups is 1. The highest BCUT2D eigenvalue weighted by Gasteiger charge is 1.99. The monoisotopic (exact) mass is 234 g/mol. The molecule has 0 aliphatic carbocycles. The van der Waals surface area contributed by atoms with Gasteiger partial charge in [-0.1, -0.05) is 30.8 Å². The molecule has 1 N–H and O–H groups in total. The third-order valence-electron chi connectivity index (χ3n) is 2.26. The normalized spacial score (nSPS) is 12.6. The topological polar surface area (TPSA) is 37.3 Å². The lowest BCUT2D eigenvalue weighted by atomic mass is 10.1. The van der Waals surface area contributed by atoms with Crippen LogP contribution in [0, 0.1) is 11.8 Å². The Kier molecular flexibility index (Phi) is 10.3. The Morgan fingerprint density at radius 3 is 2.59 bits per heavy atom. The minimum atomic E-state index is -0.424. The fourth-order valence-corrected chi connectivity index (χ4v) is 1.34. The molecule has 0 amide bonds. The van der Waals surface area contributed by atoms with Crippen molar-refractivity contribution in [2.45, 2.75) is 52.1 Å². The first kappa shape index (κ1) is 15.7. The molecule has 0 heterocycles. The number of aliphatic hydroxyl groups excluding tert-OH is 1. The summed E-state index contributed by atoms with van der Waals surface area (Å²) in [5, 5.41) is 9.57. The Morgan fingerprint density at radius 2 is 1.94 bits per heavy atom. The molecular formula is C15H22O2. The van der Waals surface area contributed by atoms with E-state index in [-0.39, 0.29) is 5.78 Å². The molecule has 0 aromatic heterocycles. The molecule has 0 bridgehead atoms. The molecule has 2 nitrogen and oxygen atoms in total. The van der Waals surface area contributed by atoms with Crippen LogP contribution in [0.5, 0.6) is 0 Å². The van der Waals surface area contributed by atoms with E-state index < -0.39 is 6.10 Å². The number of carbonyl (C=O) groups excluding carboxylic acids is 1. The molecule has 0 radical (unpaired) electrons. The molecule has 1 atom stereocenters. The zero-order valence-electron chi connectivity index (χ0n) is 10.8. The van der Waals surface area contributed by atoms with Crippen LogP contribution in [-0.4, -0.2) is 17.0 Å². The number of ketones is 1. The van der Waals surface area contributed by atoms with Crippen LogP contribution >= 0.6 is 0 Å². The SMILES string of the molecule is C/C=C\C#C/C=C/C(O)CCCCCC(C)=O. The Balaban J connectivity index is 3.56. The van der Waals surface area contributed by atoms with Gasteiger partial charge in [-0.05, 0) is 44.9 Å². The number of carbonyl (C=O) groups is 1. The fraction of sp³-hybridized carbons (Fsp3) is 0.533. The number of allylic oxidation sites excluding steroid dienone is 3. The van der Waals surface area contributed by atoms with Crippen molar-refractivity contribution in [1.29, 1.82) is 0 Å². The second-order valence-corrected chi connectivity index (χ2v) is 4.02. The predicted octanol–water partition coefficient (Wildman–Crippen LogP) is 3.02. The van der Waals surface area contributed by atoms with E-state index in [1.54, 1.807) is 25.2 Å². The second-order valence-electron chi connectivity index (χ2n) is 4.02. The van der Waals surface area contributed by atoms with Crippen LogP contribution in [0.3, 0.4) is 0 Å². The van der Waals surface area contributed by atoms with Gasteiger partial charge in [0.2, 0.25) is 0 Å². The van der Waals surface area contributed by atoms with Crippen LogP contribution in [0.2, 0.25) is 0 Å². The van der Waals surface area contributed by atoms with Crippen molar-refractivity contribution < 1.29 is 9.90 Å². The molecule has 0 aliphatic rings. The lowest BCUT2D eigenvalue weighted by Crippen LogP contribution is -2.01. The van der Waals surface area contributed by atoms with Gasteiger partial charge in [0, 0.05) is 6.42 Å². The Morgan fingerprint density at radius 1 is 1.24 bits per heavy atom. The summed E-state index contributed by atoms with van der Waals surface area (Å²) < 4.78 is 0. The first-order valence-corrected chi connectivity index (χ1v) is 6.13. The first-order chi connectivity index (χ1) is 8.16. The maximum atomic E-state index is 10.7. The van der Waals surface area contributed by atoms with E-state index in [1.165, 1.54) is 0 Å². The van der Waals surface area contributed by atoms with Crippen LogP contribution in [-0.2, 0) is 4.79 Å². The van der Waals surface area contributed by atoms with Crippen LogP contribution < -0.4 is 0 Å². The van der Waals surface area contributed by atoms with Gasteiger partial charge >= 0.3 is 0 Å². The van der Waals surface area contributed by atoms with Crippen molar-refractivity contribution in [2.24, 2.45) is 0 Å². The average Bonchev–Trinajstić information content (AvgIpc) is 2.28. The van der Waals surface area contributed by atoms with Gasteiger partial charge in [0.15, 0.2) is 0 Å². The number of hydrogen-bond donors (Lipinski definition) is 1. The molecule has 0 aliphatic heterocycles. The summed E-state index contributed by atoms with van der Waals surface area (Å²) in [6.45, 7) is 3.52. The van der Waals surface area contributed by atoms with E-state index in [0.717, 1.165) is 25.7 Å². The zero-order chi connectivity index (χ0) is 12.9. The summed E-state index contributed by atoms with van der Waals surface area (Å²) in [7, 11) is 0. The van der Waals surface area contributed by atoms with Gasteiger partial charge in [-0.3, -0.25) is 0 Å². The van der Waals surface area contributed by atoms with E-state index >= 15 is 0 Å². The molecule has 2 heteroatoms. The van der Waals surface area contributed by atoms with Crippen molar-refractivity contribution >= 4 is 5.78 Å². The van der Waals surface area contributed by atoms with Crippen molar-refractivity contribution in [3.63, 3.8) is 0 Å². The van der Waals surface area contributed by atoms with Gasteiger partial charge in [-0.2, -0.15) is 0 Å². The van der Waals surface area contributed by atoms with Crippen molar-refractivity contribution in [3.05, 3.63) is 24.3 Å². The standard InChI is InChI=1S/C15H22O2/c1-3-4-5-6-9-12-15(17)13-10-7-8-11-14(2)16/h3-4,9,12,15,17H,7-8,10-11,13H2,1-2H3/b4-3-,12-9+. The summed E-state index contributed by atoms with van der Waals surface area (Å²) in [5.74, 6) is 5.87. The molecule has 0 aromatic rings. The van der Waals surface area contributed by atoms with Gasteiger partial charge in [-0.15, -0.1) is 0 Å². The fourth-order valence-electron chi connectivity index (χ4n) is 1.34. The van der Waals surface area contributed by atoms with E-state index in [9.17, 15) is 9.90 Å². The molecular weight excluding hydrogens is 212 g/mol. The maximum Gasteiger partial charge on any atom is 0.129 e. The minimum absolute atomic E-state index is 0.240. The highest BCUT2D eigenvalue weighted by atomic mass is 16.3. The molecule has 1 unspecified atom stereocenters. The van der Waals surface area contributed by atoms with Crippen LogP contribution in [0.25, 0.3) is 0 Å². The molecule has 0 aromatic carbocycles. The quantitative estimate of drug-likeness (QED) is 0.543. The lowest BCUT2D eigenvalue weighted by molar-refractivity contribution is -0.117. The smallest absolute Gasteiger partial charge is 0.129 e. The lowest BCUT2D eigenvalue weighted by Gasteiger charge is -2.03. The summed E-state index contributed by atoms with van der Waals surface area (Å²) >= 11 is 0. The van der Waals surface area contributed by atoms with E-state index in [1.807, 2.05) is 13.0 Å². The molecule has 0 saturated heterocycles. The number of unbranched alkanes of at least 4 members (excludes halogenated alkanes) is 2. The number of rotatable bonds is 7. The predicted molar refractivity (Wildman–Crippen MR) is 71.5 cm³/mol. The van der Waals surface area contributed by atoms with Crippen LogP contribution in [0.15, 0.2) is 24.3 Å². The minimum Gasteiger partial charge on any atom is -0.389 e. The van der Waals surface area contributed by atoms with Crippen molar-refractivity contribution in [3.8, 4) is 11.8 Å². The highest BCUT2D eigenvalue weighted by Crippen LogP contribution is 2.06. The molecule has 94 valence electrons. The second kappa shape index (κ2) is 11.2. The van der Waals surface area contributed by atoms with Gasteiger partial charge in [-0.25, -0.2) is 0 Å². The average molecular weight is 234 g/mol. The summed E-state index contributed by atoms with van der Waals surface area (Å²) in [6, 6.07) is 0. The molecule has 17 heavy (non-hydrogen) atoms. The van der Waals surface area contributed by atoms with Crippen molar-refractivity contribution in [2.75, 3.05) is 0 Å². The Bertz CT molecular complexity index is 316. The largest absolute Gasteiger partial charge is 0.389 e. The third kappa shape index (κ3) is 12.6. The molecule has 0 rings (SSSR count). The summed E-state index contributed by atoms with van der Waals surface area (Å²) in [5.41, 5.74) is 0. The Hall–Kier alpha value is -1.33. The van der Waals surface area contributed by atoms with Gasteiger partial charge in [0.05, 0.1) is 6.10 Å². The number of Topliss-reactive ketones (excluding diaryl/α,β-unsaturated/α-hetero) is 1. The molecule has 0 saturated carbocycles. The number of hydrogen-bond acceptors (Lipinski definition) is 2. The summed E-state index contributed by atoms with van der Waals surface area (Å²) in [4.78, 5) is 10.7. The van der Waals surface area contributed by atoms with Crippen LogP contribution in [0.1, 0.15) is 46.0 Å². The van der Waals surface area contributed by atoms with E-state index in [0.29, 0.717) is 6.42 Å². The van der Waals surface area contributed by atoms with Crippen LogP contribution in [0.4, 0.5) is 0 Å². The summed E-state index contributed by atoms with van der Waals surface area (Å²) in [6.07, 6.45) is 10.8. The van der Waals surface area contributed by atoms with E-state index in [4.69, 9.17) is 0 Å². The Labute approximate surface area is 104 Å². The van der Waals surface area contributed by atoms with Gasteiger partial charge < -0.3 is 9.90 Å². The zero-order valence-corrected chi connectivity index (χ0v) is 10.8. The molecule has 0 spiro atoms. The van der Waals surface area contributed by atoms with Gasteiger partial charge in [0.1, 0.15) is 5.78 Å². The third-order valence-corrected chi connectivity index (χ3v) is 2.26.